The Morgan fingerprint density at radius 3 is 2.83 bits per heavy atom. The molecule has 0 bridgehead atoms. The van der Waals surface area contributed by atoms with Gasteiger partial charge in [-0.1, -0.05) is 34.1 Å². The van der Waals surface area contributed by atoms with Crippen molar-refractivity contribution in [3.8, 4) is 0 Å². The van der Waals surface area contributed by atoms with Gasteiger partial charge in [0, 0.05) is 22.3 Å². The average molecular weight is 310 g/mol. The van der Waals surface area contributed by atoms with E-state index in [4.69, 9.17) is 4.74 Å². The third kappa shape index (κ3) is 2.75. The molecule has 0 aliphatic carbocycles. The number of allylic oxidation sites excluding steroid dienone is 1. The molecule has 1 aromatic carbocycles. The number of nitrogens with one attached hydrogen (secondary N) is 1. The van der Waals surface area contributed by atoms with Gasteiger partial charge < -0.3 is 10.1 Å². The maximum Gasteiger partial charge on any atom is 0.340 e. The van der Waals surface area contributed by atoms with E-state index in [0.717, 1.165) is 35.1 Å². The zero-order valence-corrected chi connectivity index (χ0v) is 11.9. The van der Waals surface area contributed by atoms with Crippen molar-refractivity contribution in [1.29, 1.82) is 0 Å². The summed E-state index contributed by atoms with van der Waals surface area (Å²) in [6.45, 7) is 3.13. The number of esters is 1. The Kier molecular flexibility index (Phi) is 4.42. The highest BCUT2D eigenvalue weighted by Crippen LogP contribution is 2.29. The third-order valence-electron chi connectivity index (χ3n) is 2.87. The predicted octanol–water partition coefficient (Wildman–Crippen LogP) is 3.11. The van der Waals surface area contributed by atoms with Crippen LogP contribution in [0, 0.1) is 0 Å². The Hall–Kier alpha value is -1.29. The van der Waals surface area contributed by atoms with E-state index >= 15 is 0 Å². The normalized spacial score (nSPS) is 17.2. The van der Waals surface area contributed by atoms with E-state index in [9.17, 15) is 4.79 Å². The van der Waals surface area contributed by atoms with Crippen LogP contribution in [0.5, 0.6) is 0 Å². The summed E-state index contributed by atoms with van der Waals surface area (Å²) >= 11 is 3.49. The van der Waals surface area contributed by atoms with Crippen LogP contribution in [0.15, 0.2) is 34.4 Å². The molecular formula is C14H16BrNO2. The van der Waals surface area contributed by atoms with Gasteiger partial charge in [-0.2, -0.15) is 0 Å². The number of rotatable bonds is 3. The molecule has 1 saturated heterocycles. The predicted molar refractivity (Wildman–Crippen MR) is 74.9 cm³/mol. The van der Waals surface area contributed by atoms with Crippen LogP contribution in [-0.2, 0) is 9.53 Å². The molecule has 1 aromatic rings. The van der Waals surface area contributed by atoms with Gasteiger partial charge in [0.25, 0.3) is 0 Å². The fraction of sp³-hybridized carbons (Fsp3) is 0.357. The average Bonchev–Trinajstić information content (AvgIpc) is 2.86. The zero-order chi connectivity index (χ0) is 13.0. The zero-order valence-electron chi connectivity index (χ0n) is 10.3. The van der Waals surface area contributed by atoms with E-state index in [1.165, 1.54) is 0 Å². The fourth-order valence-corrected chi connectivity index (χ4v) is 2.55. The second-order valence-electron chi connectivity index (χ2n) is 4.08. The highest BCUT2D eigenvalue weighted by atomic mass is 79.9. The van der Waals surface area contributed by atoms with Gasteiger partial charge in [0.05, 0.1) is 12.2 Å². The van der Waals surface area contributed by atoms with Crippen LogP contribution in [0.25, 0.3) is 5.57 Å². The van der Waals surface area contributed by atoms with Gasteiger partial charge in [0.1, 0.15) is 0 Å². The number of ether oxygens (including phenoxy) is 1. The van der Waals surface area contributed by atoms with Crippen molar-refractivity contribution in [2.45, 2.75) is 19.8 Å². The van der Waals surface area contributed by atoms with Gasteiger partial charge in [-0.3, -0.25) is 0 Å². The highest BCUT2D eigenvalue weighted by molar-refractivity contribution is 9.10. The number of hydrogen-bond donors (Lipinski definition) is 1. The summed E-state index contributed by atoms with van der Waals surface area (Å²) in [5.74, 6) is -0.256. The van der Waals surface area contributed by atoms with Gasteiger partial charge in [-0.25, -0.2) is 4.79 Å². The Labute approximate surface area is 115 Å². The fourth-order valence-electron chi connectivity index (χ4n) is 2.07. The Balaban J connectivity index is 2.46. The molecule has 3 nitrogen and oxygen atoms in total. The van der Waals surface area contributed by atoms with Crippen LogP contribution in [0.3, 0.4) is 0 Å². The van der Waals surface area contributed by atoms with Crippen molar-refractivity contribution in [3.05, 3.63) is 40.0 Å². The number of benzene rings is 1. The van der Waals surface area contributed by atoms with E-state index in [1.807, 2.05) is 31.2 Å². The van der Waals surface area contributed by atoms with Crippen molar-refractivity contribution < 1.29 is 9.53 Å². The molecule has 1 fully saturated rings. The second kappa shape index (κ2) is 6.05. The van der Waals surface area contributed by atoms with E-state index < -0.39 is 0 Å². The minimum absolute atomic E-state index is 0.256. The lowest BCUT2D eigenvalue weighted by Gasteiger charge is -2.12. The van der Waals surface area contributed by atoms with Crippen molar-refractivity contribution >= 4 is 27.5 Å². The summed E-state index contributed by atoms with van der Waals surface area (Å²) < 4.78 is 6.08. The number of carbonyl (C=O) groups is 1. The van der Waals surface area contributed by atoms with E-state index in [2.05, 4.69) is 21.2 Å². The first-order valence-electron chi connectivity index (χ1n) is 6.13. The van der Waals surface area contributed by atoms with Gasteiger partial charge >= 0.3 is 5.97 Å². The van der Waals surface area contributed by atoms with Crippen molar-refractivity contribution in [2.24, 2.45) is 0 Å². The quantitative estimate of drug-likeness (QED) is 0.689. The van der Waals surface area contributed by atoms with Gasteiger partial charge in [-0.05, 0) is 25.8 Å². The molecule has 0 amide bonds. The largest absolute Gasteiger partial charge is 0.462 e. The highest BCUT2D eigenvalue weighted by Gasteiger charge is 2.22. The van der Waals surface area contributed by atoms with E-state index in [1.54, 1.807) is 0 Å². The van der Waals surface area contributed by atoms with Crippen molar-refractivity contribution in [2.75, 3.05) is 13.2 Å². The Bertz CT molecular complexity index is 474. The molecule has 0 saturated carbocycles. The second-order valence-corrected chi connectivity index (χ2v) is 4.94. The minimum atomic E-state index is -0.256. The van der Waals surface area contributed by atoms with Crippen LogP contribution >= 0.6 is 15.9 Å². The van der Waals surface area contributed by atoms with Crippen LogP contribution in [0.4, 0.5) is 0 Å². The molecule has 96 valence electrons. The third-order valence-corrected chi connectivity index (χ3v) is 3.56. The van der Waals surface area contributed by atoms with E-state index in [0.29, 0.717) is 12.2 Å². The first-order chi connectivity index (χ1) is 8.74. The first-order valence-corrected chi connectivity index (χ1v) is 6.92. The topological polar surface area (TPSA) is 38.3 Å². The standard InChI is InChI=1S/C14H16BrNO2/c1-2-18-14(17)13(12-8-5-9-16-12)10-6-3-4-7-11(10)15/h3-4,6-7,16H,2,5,8-9H2,1H3/b13-12-. The molecule has 18 heavy (non-hydrogen) atoms. The molecular weight excluding hydrogens is 294 g/mol. The van der Waals surface area contributed by atoms with Crippen molar-refractivity contribution in [3.63, 3.8) is 0 Å². The summed E-state index contributed by atoms with van der Waals surface area (Å²) in [6, 6.07) is 7.73. The molecule has 0 aromatic heterocycles. The van der Waals surface area contributed by atoms with Crippen LogP contribution < -0.4 is 5.32 Å². The molecule has 2 rings (SSSR count). The summed E-state index contributed by atoms with van der Waals surface area (Å²) in [7, 11) is 0. The number of hydrogen-bond acceptors (Lipinski definition) is 3. The molecule has 1 heterocycles. The van der Waals surface area contributed by atoms with E-state index in [-0.39, 0.29) is 5.97 Å². The molecule has 1 aliphatic heterocycles. The smallest absolute Gasteiger partial charge is 0.340 e. The molecule has 1 aliphatic rings. The lowest BCUT2D eigenvalue weighted by Crippen LogP contribution is -2.14. The molecule has 4 heteroatoms. The summed E-state index contributed by atoms with van der Waals surface area (Å²) in [5, 5.41) is 3.28. The summed E-state index contributed by atoms with van der Waals surface area (Å²) in [4.78, 5) is 12.1. The Morgan fingerprint density at radius 1 is 1.44 bits per heavy atom. The van der Waals surface area contributed by atoms with Gasteiger partial charge in [-0.15, -0.1) is 0 Å². The minimum Gasteiger partial charge on any atom is -0.462 e. The maximum absolute atomic E-state index is 12.1. The summed E-state index contributed by atoms with van der Waals surface area (Å²) in [6.07, 6.45) is 1.96. The molecule has 0 unspecified atom stereocenters. The molecule has 0 atom stereocenters. The number of halogens is 1. The molecule has 1 N–H and O–H groups in total. The van der Waals surface area contributed by atoms with Gasteiger partial charge in [0.15, 0.2) is 0 Å². The summed E-state index contributed by atoms with van der Waals surface area (Å²) in [5.41, 5.74) is 2.53. The maximum atomic E-state index is 12.1. The number of carbonyl (C=O) groups excluding carboxylic acids is 1. The van der Waals surface area contributed by atoms with Crippen LogP contribution in [-0.4, -0.2) is 19.1 Å². The van der Waals surface area contributed by atoms with Crippen LogP contribution in [0.1, 0.15) is 25.3 Å². The van der Waals surface area contributed by atoms with Gasteiger partial charge in [0.2, 0.25) is 0 Å². The molecule has 0 spiro atoms. The molecule has 0 radical (unpaired) electrons. The Morgan fingerprint density at radius 2 is 2.22 bits per heavy atom. The monoisotopic (exact) mass is 309 g/mol. The van der Waals surface area contributed by atoms with Crippen LogP contribution in [0.2, 0.25) is 0 Å². The van der Waals surface area contributed by atoms with Crippen molar-refractivity contribution in [1.82, 2.24) is 5.32 Å². The lowest BCUT2D eigenvalue weighted by molar-refractivity contribution is -0.136. The first kappa shape index (κ1) is 13.1. The SMILES string of the molecule is CCOC(=O)/C(=C1/CCCN1)c1ccccc1Br. The lowest BCUT2D eigenvalue weighted by atomic mass is 10.0.